The van der Waals surface area contributed by atoms with E-state index < -0.39 is 17.4 Å². The predicted molar refractivity (Wildman–Crippen MR) is 54.1 cm³/mol. The topological polar surface area (TPSA) is 24.9 Å². The molecule has 0 amide bonds. The second-order valence-electron chi connectivity index (χ2n) is 4.18. The molecule has 1 aliphatic rings. The Hall–Kier alpha value is -1.17. The fourth-order valence-corrected chi connectivity index (χ4v) is 1.95. The summed E-state index contributed by atoms with van der Waals surface area (Å²) >= 11 is 0. The first-order chi connectivity index (χ1) is 7.92. The van der Waals surface area contributed by atoms with Crippen LogP contribution in [0.4, 0.5) is 17.6 Å². The molecule has 0 atom stereocenters. The molecule has 1 N–H and O–H groups in total. The van der Waals surface area contributed by atoms with E-state index in [4.69, 9.17) is 0 Å². The minimum Gasteiger partial charge on any atom is -0.316 e. The van der Waals surface area contributed by atoms with Crippen LogP contribution in [0.5, 0.6) is 0 Å². The van der Waals surface area contributed by atoms with Gasteiger partial charge < -0.3 is 5.32 Å². The highest BCUT2D eigenvalue weighted by Gasteiger charge is 2.37. The zero-order valence-corrected chi connectivity index (χ0v) is 9.02. The number of rotatable bonds is 1. The Labute approximate surface area is 96.0 Å². The molecule has 17 heavy (non-hydrogen) atoms. The number of aromatic nitrogens is 1. The van der Waals surface area contributed by atoms with E-state index in [-0.39, 0.29) is 18.4 Å². The number of hydrogen-bond donors (Lipinski definition) is 1. The average Bonchev–Trinajstić information content (AvgIpc) is 2.29. The van der Waals surface area contributed by atoms with E-state index in [0.717, 1.165) is 6.07 Å². The SMILES string of the molecule is FC(F)(F)c1cncc(C2(F)CCNCC2)c1. The zero-order chi connectivity index (χ0) is 12.5. The van der Waals surface area contributed by atoms with Crippen LogP contribution in [0.1, 0.15) is 24.0 Å². The monoisotopic (exact) mass is 248 g/mol. The highest BCUT2D eigenvalue weighted by atomic mass is 19.4. The lowest BCUT2D eigenvalue weighted by molar-refractivity contribution is -0.138. The molecule has 1 fully saturated rings. The maximum Gasteiger partial charge on any atom is 0.417 e. The lowest BCUT2D eigenvalue weighted by atomic mass is 9.87. The van der Waals surface area contributed by atoms with Crippen molar-refractivity contribution < 1.29 is 17.6 Å². The summed E-state index contributed by atoms with van der Waals surface area (Å²) in [5, 5.41) is 2.97. The molecule has 0 aromatic carbocycles. The van der Waals surface area contributed by atoms with E-state index in [2.05, 4.69) is 10.3 Å². The van der Waals surface area contributed by atoms with E-state index in [1.807, 2.05) is 0 Å². The largest absolute Gasteiger partial charge is 0.417 e. The first kappa shape index (κ1) is 12.3. The number of halogens is 4. The fraction of sp³-hybridized carbons (Fsp3) is 0.545. The summed E-state index contributed by atoms with van der Waals surface area (Å²) < 4.78 is 51.9. The van der Waals surface area contributed by atoms with Gasteiger partial charge in [0, 0.05) is 18.0 Å². The van der Waals surface area contributed by atoms with Crippen molar-refractivity contribution in [3.63, 3.8) is 0 Å². The third kappa shape index (κ3) is 2.57. The van der Waals surface area contributed by atoms with Crippen LogP contribution in [0.15, 0.2) is 18.5 Å². The predicted octanol–water partition coefficient (Wildman–Crippen LogP) is 2.65. The summed E-state index contributed by atoms with van der Waals surface area (Å²) in [5.74, 6) is 0. The van der Waals surface area contributed by atoms with Crippen LogP contribution in [-0.4, -0.2) is 18.1 Å². The molecule has 0 spiro atoms. The molecule has 0 saturated carbocycles. The summed E-state index contributed by atoms with van der Waals surface area (Å²) in [6.07, 6.45) is -2.23. The van der Waals surface area contributed by atoms with Gasteiger partial charge in [-0.3, -0.25) is 4.98 Å². The number of nitrogens with zero attached hydrogens (tertiary/aromatic N) is 1. The van der Waals surface area contributed by atoms with Crippen LogP contribution in [-0.2, 0) is 11.8 Å². The van der Waals surface area contributed by atoms with Gasteiger partial charge in [-0.1, -0.05) is 0 Å². The number of piperidine rings is 1. The second kappa shape index (κ2) is 4.25. The molecule has 0 bridgehead atoms. The smallest absolute Gasteiger partial charge is 0.316 e. The van der Waals surface area contributed by atoms with E-state index in [1.54, 1.807) is 0 Å². The Morgan fingerprint density at radius 1 is 1.18 bits per heavy atom. The molecule has 94 valence electrons. The first-order valence-electron chi connectivity index (χ1n) is 5.34. The lowest BCUT2D eigenvalue weighted by Gasteiger charge is -2.30. The summed E-state index contributed by atoms with van der Waals surface area (Å²) in [6.45, 7) is 0.930. The van der Waals surface area contributed by atoms with E-state index in [1.165, 1.54) is 6.20 Å². The van der Waals surface area contributed by atoms with Crippen molar-refractivity contribution in [1.29, 1.82) is 0 Å². The summed E-state index contributed by atoms with van der Waals surface area (Å²) in [7, 11) is 0. The van der Waals surface area contributed by atoms with Gasteiger partial charge >= 0.3 is 6.18 Å². The first-order valence-corrected chi connectivity index (χ1v) is 5.34. The van der Waals surface area contributed by atoms with Crippen molar-refractivity contribution in [1.82, 2.24) is 10.3 Å². The minimum absolute atomic E-state index is 0.0221. The van der Waals surface area contributed by atoms with Crippen molar-refractivity contribution in [3.8, 4) is 0 Å². The van der Waals surface area contributed by atoms with Crippen molar-refractivity contribution in [2.24, 2.45) is 0 Å². The maximum absolute atomic E-state index is 14.4. The number of nitrogens with one attached hydrogen (secondary N) is 1. The number of hydrogen-bond acceptors (Lipinski definition) is 2. The van der Waals surface area contributed by atoms with E-state index in [0.29, 0.717) is 19.3 Å². The number of pyridine rings is 1. The third-order valence-corrected chi connectivity index (χ3v) is 2.98. The van der Waals surface area contributed by atoms with Crippen molar-refractivity contribution in [2.75, 3.05) is 13.1 Å². The van der Waals surface area contributed by atoms with Crippen molar-refractivity contribution in [3.05, 3.63) is 29.6 Å². The van der Waals surface area contributed by atoms with Gasteiger partial charge in [-0.2, -0.15) is 13.2 Å². The van der Waals surface area contributed by atoms with Gasteiger partial charge in [-0.15, -0.1) is 0 Å². The molecule has 0 unspecified atom stereocenters. The molecular formula is C11H12F4N2. The minimum atomic E-state index is -4.48. The molecular weight excluding hydrogens is 236 g/mol. The molecule has 1 saturated heterocycles. The standard InChI is InChI=1S/C11H12F4N2/c12-10(1-3-16-4-2-10)8-5-9(7-17-6-8)11(13,14)15/h5-7,16H,1-4H2. The Morgan fingerprint density at radius 2 is 1.82 bits per heavy atom. The molecule has 1 aliphatic heterocycles. The van der Waals surface area contributed by atoms with Gasteiger partial charge in [0.2, 0.25) is 0 Å². The van der Waals surface area contributed by atoms with Gasteiger partial charge in [0.05, 0.1) is 5.56 Å². The second-order valence-corrected chi connectivity index (χ2v) is 4.18. The van der Waals surface area contributed by atoms with Crippen LogP contribution in [0.3, 0.4) is 0 Å². The summed E-state index contributed by atoms with van der Waals surface area (Å²) in [5.41, 5.74) is -2.57. The zero-order valence-electron chi connectivity index (χ0n) is 9.02. The van der Waals surface area contributed by atoms with Crippen molar-refractivity contribution in [2.45, 2.75) is 24.7 Å². The quantitative estimate of drug-likeness (QED) is 0.773. The molecule has 2 rings (SSSR count). The fourth-order valence-electron chi connectivity index (χ4n) is 1.95. The maximum atomic E-state index is 14.4. The van der Waals surface area contributed by atoms with Crippen molar-refractivity contribution >= 4 is 0 Å². The van der Waals surface area contributed by atoms with Crippen LogP contribution in [0, 0.1) is 0 Å². The van der Waals surface area contributed by atoms with Gasteiger partial charge in [-0.25, -0.2) is 4.39 Å². The third-order valence-electron chi connectivity index (χ3n) is 2.98. The van der Waals surface area contributed by atoms with Crippen LogP contribution in [0.2, 0.25) is 0 Å². The average molecular weight is 248 g/mol. The van der Waals surface area contributed by atoms with Gasteiger partial charge in [-0.05, 0) is 32.0 Å². The molecule has 1 aromatic heterocycles. The normalized spacial score (nSPS) is 20.2. The van der Waals surface area contributed by atoms with E-state index in [9.17, 15) is 17.6 Å². The van der Waals surface area contributed by atoms with Gasteiger partial charge in [0.1, 0.15) is 5.67 Å². The summed E-state index contributed by atoms with van der Waals surface area (Å²) in [4.78, 5) is 3.49. The Kier molecular flexibility index (Phi) is 3.07. The molecule has 2 nitrogen and oxygen atoms in total. The number of alkyl halides is 4. The molecule has 0 radical (unpaired) electrons. The molecule has 1 aromatic rings. The van der Waals surface area contributed by atoms with Crippen LogP contribution >= 0.6 is 0 Å². The molecule has 0 aliphatic carbocycles. The highest BCUT2D eigenvalue weighted by Crippen LogP contribution is 2.37. The molecule has 6 heteroatoms. The van der Waals surface area contributed by atoms with Gasteiger partial charge in [0.25, 0.3) is 0 Å². The van der Waals surface area contributed by atoms with E-state index >= 15 is 0 Å². The van der Waals surface area contributed by atoms with Crippen LogP contribution < -0.4 is 5.32 Å². The van der Waals surface area contributed by atoms with Gasteiger partial charge in [0.15, 0.2) is 0 Å². The Balaban J connectivity index is 2.32. The Morgan fingerprint density at radius 3 is 2.41 bits per heavy atom. The summed E-state index contributed by atoms with van der Waals surface area (Å²) in [6, 6.07) is 0.859. The van der Waals surface area contributed by atoms with Crippen LogP contribution in [0.25, 0.3) is 0 Å². The highest BCUT2D eigenvalue weighted by molar-refractivity contribution is 5.26. The Bertz CT molecular complexity index is 397. The molecule has 2 heterocycles. The lowest BCUT2D eigenvalue weighted by Crippen LogP contribution is -2.36.